The topological polar surface area (TPSA) is 58.8 Å². The van der Waals surface area contributed by atoms with Crippen LogP contribution in [0.3, 0.4) is 0 Å². The highest BCUT2D eigenvalue weighted by Gasteiger charge is 2.24. The monoisotopic (exact) mass is 363 g/mol. The number of carbonyl (C=O) groups is 1. The third-order valence-electron chi connectivity index (χ3n) is 4.56. The second-order valence-corrected chi connectivity index (χ2v) is 7.19. The van der Waals surface area contributed by atoms with Crippen molar-refractivity contribution in [2.75, 3.05) is 32.8 Å². The van der Waals surface area contributed by atoms with Crippen LogP contribution in [0.15, 0.2) is 16.0 Å². The molecular formula is C18H25N3O3S. The van der Waals surface area contributed by atoms with E-state index in [1.165, 1.54) is 11.3 Å². The SMILES string of the molecule is CCOc1ccsc1C(=O)N1CCCN(Cc2c(C)noc2C)CC1. The van der Waals surface area contributed by atoms with Crippen molar-refractivity contribution in [2.24, 2.45) is 0 Å². The van der Waals surface area contributed by atoms with Gasteiger partial charge in [0.05, 0.1) is 12.3 Å². The molecule has 1 aliphatic rings. The van der Waals surface area contributed by atoms with Gasteiger partial charge in [-0.3, -0.25) is 9.69 Å². The van der Waals surface area contributed by atoms with Gasteiger partial charge in [-0.2, -0.15) is 0 Å². The first-order chi connectivity index (χ1) is 12.1. The Bertz CT molecular complexity index is 705. The van der Waals surface area contributed by atoms with Gasteiger partial charge >= 0.3 is 0 Å². The van der Waals surface area contributed by atoms with Crippen molar-refractivity contribution in [3.05, 3.63) is 33.3 Å². The lowest BCUT2D eigenvalue weighted by Crippen LogP contribution is -2.35. The number of thiophene rings is 1. The Morgan fingerprint density at radius 1 is 1.32 bits per heavy atom. The van der Waals surface area contributed by atoms with Gasteiger partial charge < -0.3 is 14.2 Å². The van der Waals surface area contributed by atoms with Crippen molar-refractivity contribution in [3.63, 3.8) is 0 Å². The van der Waals surface area contributed by atoms with Gasteiger partial charge in [0.25, 0.3) is 5.91 Å². The Hall–Kier alpha value is -1.86. The predicted molar refractivity (Wildman–Crippen MR) is 97.3 cm³/mol. The summed E-state index contributed by atoms with van der Waals surface area (Å²) >= 11 is 1.46. The Morgan fingerprint density at radius 3 is 2.88 bits per heavy atom. The zero-order valence-corrected chi connectivity index (χ0v) is 15.9. The maximum absolute atomic E-state index is 12.9. The highest BCUT2D eigenvalue weighted by Crippen LogP contribution is 2.27. The summed E-state index contributed by atoms with van der Waals surface area (Å²) in [6.07, 6.45) is 0.963. The van der Waals surface area contributed by atoms with E-state index in [-0.39, 0.29) is 5.91 Å². The third kappa shape index (κ3) is 4.04. The first kappa shape index (κ1) is 17.9. The molecular weight excluding hydrogens is 338 g/mol. The fraction of sp³-hybridized carbons (Fsp3) is 0.556. The molecule has 0 radical (unpaired) electrons. The highest BCUT2D eigenvalue weighted by atomic mass is 32.1. The molecule has 1 aliphatic heterocycles. The molecule has 25 heavy (non-hydrogen) atoms. The predicted octanol–water partition coefficient (Wildman–Crippen LogP) is 3.10. The van der Waals surface area contributed by atoms with Gasteiger partial charge in [-0.05, 0) is 38.6 Å². The minimum Gasteiger partial charge on any atom is -0.492 e. The molecule has 0 atom stereocenters. The van der Waals surface area contributed by atoms with E-state index in [0.717, 1.165) is 56.2 Å². The van der Waals surface area contributed by atoms with Crippen LogP contribution >= 0.6 is 11.3 Å². The Labute approximate surface area is 152 Å². The van der Waals surface area contributed by atoms with Crippen molar-refractivity contribution in [2.45, 2.75) is 33.7 Å². The first-order valence-electron chi connectivity index (χ1n) is 8.73. The van der Waals surface area contributed by atoms with E-state index in [0.29, 0.717) is 17.2 Å². The number of ether oxygens (including phenoxy) is 1. The molecule has 0 spiro atoms. The number of amides is 1. The fourth-order valence-electron chi connectivity index (χ4n) is 3.15. The molecule has 1 saturated heterocycles. The average molecular weight is 363 g/mol. The summed E-state index contributed by atoms with van der Waals surface area (Å²) in [5.74, 6) is 1.67. The normalized spacial score (nSPS) is 16.0. The van der Waals surface area contributed by atoms with Gasteiger partial charge in [0.15, 0.2) is 0 Å². The molecule has 0 unspecified atom stereocenters. The number of hydrogen-bond acceptors (Lipinski definition) is 6. The van der Waals surface area contributed by atoms with Crippen LogP contribution in [0, 0.1) is 13.8 Å². The molecule has 1 amide bonds. The summed E-state index contributed by atoms with van der Waals surface area (Å²) in [5, 5.41) is 5.95. The molecule has 3 rings (SSSR count). The molecule has 0 aliphatic carbocycles. The number of carbonyl (C=O) groups excluding carboxylic acids is 1. The van der Waals surface area contributed by atoms with E-state index in [1.807, 2.05) is 37.1 Å². The van der Waals surface area contributed by atoms with Gasteiger partial charge in [0.1, 0.15) is 16.4 Å². The number of aryl methyl sites for hydroxylation is 2. The molecule has 2 aromatic rings. The van der Waals surface area contributed by atoms with Crippen LogP contribution < -0.4 is 4.74 Å². The summed E-state index contributed by atoms with van der Waals surface area (Å²) in [6, 6.07) is 1.88. The maximum atomic E-state index is 12.9. The zero-order valence-electron chi connectivity index (χ0n) is 15.1. The molecule has 0 saturated carbocycles. The minimum atomic E-state index is 0.0811. The minimum absolute atomic E-state index is 0.0811. The lowest BCUT2D eigenvalue weighted by molar-refractivity contribution is 0.0762. The average Bonchev–Trinajstić information content (AvgIpc) is 3.09. The summed E-state index contributed by atoms with van der Waals surface area (Å²) in [7, 11) is 0. The molecule has 0 bridgehead atoms. The Morgan fingerprint density at radius 2 is 2.16 bits per heavy atom. The number of aromatic nitrogens is 1. The van der Waals surface area contributed by atoms with E-state index in [1.54, 1.807) is 0 Å². The molecule has 0 N–H and O–H groups in total. The van der Waals surface area contributed by atoms with Crippen molar-refractivity contribution < 1.29 is 14.1 Å². The van der Waals surface area contributed by atoms with Crippen LogP contribution in [-0.2, 0) is 6.54 Å². The lowest BCUT2D eigenvalue weighted by Gasteiger charge is -2.22. The number of rotatable bonds is 5. The highest BCUT2D eigenvalue weighted by molar-refractivity contribution is 7.12. The van der Waals surface area contributed by atoms with Gasteiger partial charge in [-0.25, -0.2) is 0 Å². The van der Waals surface area contributed by atoms with E-state index in [4.69, 9.17) is 9.26 Å². The molecule has 3 heterocycles. The quantitative estimate of drug-likeness (QED) is 0.817. The van der Waals surface area contributed by atoms with Crippen molar-refractivity contribution in [1.82, 2.24) is 15.0 Å². The second kappa shape index (κ2) is 8.01. The van der Waals surface area contributed by atoms with Crippen LogP contribution in [0.4, 0.5) is 0 Å². The molecule has 6 nitrogen and oxygen atoms in total. The Kier molecular flexibility index (Phi) is 5.75. The van der Waals surface area contributed by atoms with Crippen LogP contribution in [0.1, 0.15) is 40.0 Å². The number of hydrogen-bond donors (Lipinski definition) is 0. The van der Waals surface area contributed by atoms with Crippen LogP contribution in [-0.4, -0.2) is 53.6 Å². The van der Waals surface area contributed by atoms with Crippen molar-refractivity contribution >= 4 is 17.2 Å². The Balaban J connectivity index is 1.63. The largest absolute Gasteiger partial charge is 0.492 e. The van der Waals surface area contributed by atoms with Gasteiger partial charge in [0.2, 0.25) is 0 Å². The van der Waals surface area contributed by atoms with Gasteiger partial charge in [-0.1, -0.05) is 5.16 Å². The van der Waals surface area contributed by atoms with Crippen LogP contribution in [0.2, 0.25) is 0 Å². The van der Waals surface area contributed by atoms with E-state index in [2.05, 4.69) is 10.1 Å². The summed E-state index contributed by atoms with van der Waals surface area (Å²) < 4.78 is 10.8. The van der Waals surface area contributed by atoms with Crippen LogP contribution in [0.5, 0.6) is 5.75 Å². The molecule has 2 aromatic heterocycles. The molecule has 1 fully saturated rings. The molecule has 136 valence electrons. The zero-order chi connectivity index (χ0) is 17.8. The van der Waals surface area contributed by atoms with Crippen molar-refractivity contribution in [1.29, 1.82) is 0 Å². The smallest absolute Gasteiger partial charge is 0.267 e. The second-order valence-electron chi connectivity index (χ2n) is 6.27. The van der Waals surface area contributed by atoms with Gasteiger partial charge in [0, 0.05) is 38.3 Å². The standard InChI is InChI=1S/C18H25N3O3S/c1-4-23-16-6-11-25-17(16)18(22)21-8-5-7-20(9-10-21)12-15-13(2)19-24-14(15)3/h6,11H,4-5,7-10,12H2,1-3H3. The molecule has 7 heteroatoms. The fourth-order valence-corrected chi connectivity index (χ4v) is 3.95. The summed E-state index contributed by atoms with van der Waals surface area (Å²) in [5.41, 5.74) is 2.12. The van der Waals surface area contributed by atoms with Gasteiger partial charge in [-0.15, -0.1) is 11.3 Å². The third-order valence-corrected chi connectivity index (χ3v) is 5.45. The van der Waals surface area contributed by atoms with E-state index >= 15 is 0 Å². The maximum Gasteiger partial charge on any atom is 0.267 e. The first-order valence-corrected chi connectivity index (χ1v) is 9.61. The van der Waals surface area contributed by atoms with Crippen molar-refractivity contribution in [3.8, 4) is 5.75 Å². The van der Waals surface area contributed by atoms with E-state index < -0.39 is 0 Å². The van der Waals surface area contributed by atoms with E-state index in [9.17, 15) is 4.79 Å². The summed E-state index contributed by atoms with van der Waals surface area (Å²) in [6.45, 7) is 10.6. The van der Waals surface area contributed by atoms with Crippen LogP contribution in [0.25, 0.3) is 0 Å². The number of nitrogens with zero attached hydrogens (tertiary/aromatic N) is 3. The molecule has 0 aromatic carbocycles. The summed E-state index contributed by atoms with van der Waals surface area (Å²) in [4.78, 5) is 17.9. The lowest BCUT2D eigenvalue weighted by atomic mass is 10.2.